The van der Waals surface area contributed by atoms with Crippen LogP contribution < -0.4 is 4.90 Å². The van der Waals surface area contributed by atoms with Crippen molar-refractivity contribution in [1.82, 2.24) is 9.80 Å². The Labute approximate surface area is 185 Å². The topological polar surface area (TPSA) is 104 Å². The van der Waals surface area contributed by atoms with Crippen molar-refractivity contribution in [1.29, 1.82) is 0 Å². The maximum absolute atomic E-state index is 13.1. The van der Waals surface area contributed by atoms with E-state index in [0.29, 0.717) is 26.2 Å². The highest BCUT2D eigenvalue weighted by Crippen LogP contribution is 2.32. The van der Waals surface area contributed by atoms with Crippen LogP contribution in [0.2, 0.25) is 0 Å². The largest absolute Gasteiger partial charge is 0.368 e. The van der Waals surface area contributed by atoms with Gasteiger partial charge in [-0.2, -0.15) is 0 Å². The molecule has 0 spiro atoms. The Hall–Kier alpha value is -3.75. The summed E-state index contributed by atoms with van der Waals surface area (Å²) in [5.74, 6) is -1.82. The van der Waals surface area contributed by atoms with E-state index in [0.717, 1.165) is 10.6 Å². The number of nitrogens with zero attached hydrogens (tertiary/aromatic N) is 4. The lowest BCUT2D eigenvalue weighted by Gasteiger charge is -2.38. The molecule has 0 aromatic heterocycles. The van der Waals surface area contributed by atoms with Crippen molar-refractivity contribution in [3.05, 3.63) is 68.8 Å². The van der Waals surface area contributed by atoms with Crippen molar-refractivity contribution in [3.8, 4) is 0 Å². The number of fused-ring (bicyclic) bond motifs is 1. The molecule has 2 aromatic carbocycles. The molecule has 0 bridgehead atoms. The van der Waals surface area contributed by atoms with Gasteiger partial charge in [-0.25, -0.2) is 0 Å². The van der Waals surface area contributed by atoms with E-state index >= 15 is 0 Å². The molecule has 1 saturated heterocycles. The Kier molecular flexibility index (Phi) is 5.41. The third-order valence-corrected chi connectivity index (χ3v) is 6.37. The van der Waals surface area contributed by atoms with Gasteiger partial charge in [0.2, 0.25) is 5.91 Å². The third-order valence-electron chi connectivity index (χ3n) is 6.37. The summed E-state index contributed by atoms with van der Waals surface area (Å²) < 4.78 is 0. The number of imide groups is 1. The second kappa shape index (κ2) is 8.07. The van der Waals surface area contributed by atoms with Crippen LogP contribution in [0.4, 0.5) is 11.4 Å². The molecule has 166 valence electrons. The zero-order chi connectivity index (χ0) is 23.2. The summed E-state index contributed by atoms with van der Waals surface area (Å²) in [4.78, 5) is 54.2. The molecule has 0 radical (unpaired) electrons. The number of aryl methyl sites for hydroxylation is 1. The first-order valence-corrected chi connectivity index (χ1v) is 10.5. The molecule has 32 heavy (non-hydrogen) atoms. The molecule has 1 fully saturated rings. The smallest absolute Gasteiger partial charge is 0.282 e. The Balaban J connectivity index is 1.49. The molecule has 3 amide bonds. The summed E-state index contributed by atoms with van der Waals surface area (Å²) in [7, 11) is 0. The average molecular weight is 436 g/mol. The van der Waals surface area contributed by atoms with Crippen molar-refractivity contribution >= 4 is 29.1 Å². The minimum absolute atomic E-state index is 0.0383. The first-order chi connectivity index (χ1) is 15.2. The van der Waals surface area contributed by atoms with Gasteiger partial charge in [-0.3, -0.25) is 29.4 Å². The molecule has 9 nitrogen and oxygen atoms in total. The predicted octanol–water partition coefficient (Wildman–Crippen LogP) is 2.54. The van der Waals surface area contributed by atoms with E-state index in [1.54, 1.807) is 4.90 Å². The van der Waals surface area contributed by atoms with E-state index in [2.05, 4.69) is 30.9 Å². The van der Waals surface area contributed by atoms with E-state index in [9.17, 15) is 24.5 Å². The highest BCUT2D eigenvalue weighted by Gasteiger charge is 2.45. The second-order valence-electron chi connectivity index (χ2n) is 8.14. The summed E-state index contributed by atoms with van der Waals surface area (Å²) in [6.45, 7) is 7.82. The zero-order valence-electron chi connectivity index (χ0n) is 18.2. The van der Waals surface area contributed by atoms with Crippen molar-refractivity contribution in [3.63, 3.8) is 0 Å². The molecule has 0 unspecified atom stereocenters. The number of benzene rings is 2. The van der Waals surface area contributed by atoms with Crippen LogP contribution in [0.15, 0.2) is 36.4 Å². The average Bonchev–Trinajstić information content (AvgIpc) is 3.05. The third kappa shape index (κ3) is 3.39. The summed E-state index contributed by atoms with van der Waals surface area (Å²) in [6.07, 6.45) is 0. The van der Waals surface area contributed by atoms with Crippen LogP contribution in [0, 0.1) is 24.0 Å². The van der Waals surface area contributed by atoms with Crippen LogP contribution in [0.25, 0.3) is 0 Å². The Bertz CT molecular complexity index is 1140. The van der Waals surface area contributed by atoms with Gasteiger partial charge < -0.3 is 9.80 Å². The monoisotopic (exact) mass is 436 g/mol. The van der Waals surface area contributed by atoms with E-state index in [1.807, 2.05) is 6.07 Å². The zero-order valence-corrected chi connectivity index (χ0v) is 18.2. The molecular formula is C23H24N4O5. The van der Waals surface area contributed by atoms with Crippen molar-refractivity contribution in [2.45, 2.75) is 26.8 Å². The quantitative estimate of drug-likeness (QED) is 0.414. The van der Waals surface area contributed by atoms with Crippen LogP contribution >= 0.6 is 0 Å². The fourth-order valence-corrected chi connectivity index (χ4v) is 4.41. The minimum Gasteiger partial charge on any atom is -0.368 e. The molecule has 4 rings (SSSR count). The van der Waals surface area contributed by atoms with Gasteiger partial charge >= 0.3 is 0 Å². The number of piperazine rings is 1. The first-order valence-electron chi connectivity index (χ1n) is 10.5. The molecule has 0 N–H and O–H groups in total. The van der Waals surface area contributed by atoms with Crippen LogP contribution in [-0.2, 0) is 4.79 Å². The molecule has 2 heterocycles. The number of hydrogen-bond donors (Lipinski definition) is 0. The minimum atomic E-state index is -1.05. The number of carbonyl (C=O) groups excluding carboxylic acids is 3. The van der Waals surface area contributed by atoms with Gasteiger partial charge in [0.25, 0.3) is 17.5 Å². The maximum Gasteiger partial charge on any atom is 0.282 e. The van der Waals surface area contributed by atoms with Gasteiger partial charge in [-0.15, -0.1) is 0 Å². The molecule has 1 atom stereocenters. The SMILES string of the molecule is Cc1cccc(N2CCN(C(=O)[C@H](C)N3C(=O)c4cccc([N+](=O)[O-])c4C3=O)CC2)c1C. The number of anilines is 1. The summed E-state index contributed by atoms with van der Waals surface area (Å²) in [5, 5.41) is 11.3. The number of amides is 3. The lowest BCUT2D eigenvalue weighted by molar-refractivity contribution is -0.385. The lowest BCUT2D eigenvalue weighted by Crippen LogP contribution is -2.55. The molecule has 0 aliphatic carbocycles. The Morgan fingerprint density at radius 1 is 1.00 bits per heavy atom. The molecule has 2 aliphatic heterocycles. The predicted molar refractivity (Wildman–Crippen MR) is 118 cm³/mol. The molecular weight excluding hydrogens is 412 g/mol. The summed E-state index contributed by atoms with van der Waals surface area (Å²) in [6, 6.07) is 9.02. The number of nitro groups is 1. The lowest BCUT2D eigenvalue weighted by atomic mass is 10.1. The molecule has 2 aliphatic rings. The van der Waals surface area contributed by atoms with Gasteiger partial charge in [0, 0.05) is 37.9 Å². The van der Waals surface area contributed by atoms with Crippen molar-refractivity contribution in [2.75, 3.05) is 31.1 Å². The van der Waals surface area contributed by atoms with Gasteiger partial charge in [0.15, 0.2) is 0 Å². The maximum atomic E-state index is 13.1. The number of rotatable bonds is 4. The van der Waals surface area contributed by atoms with E-state index in [1.165, 1.54) is 36.2 Å². The van der Waals surface area contributed by atoms with Gasteiger partial charge in [-0.1, -0.05) is 18.2 Å². The highest BCUT2D eigenvalue weighted by atomic mass is 16.6. The first kappa shape index (κ1) is 21.5. The number of nitro benzene ring substituents is 1. The van der Waals surface area contributed by atoms with Crippen LogP contribution in [0.1, 0.15) is 38.8 Å². The molecule has 2 aromatic rings. The second-order valence-corrected chi connectivity index (χ2v) is 8.14. The van der Waals surface area contributed by atoms with Gasteiger partial charge in [0.1, 0.15) is 11.6 Å². The fourth-order valence-electron chi connectivity index (χ4n) is 4.41. The summed E-state index contributed by atoms with van der Waals surface area (Å²) >= 11 is 0. The Morgan fingerprint density at radius 3 is 2.31 bits per heavy atom. The van der Waals surface area contributed by atoms with E-state index < -0.39 is 28.5 Å². The fraction of sp³-hybridized carbons (Fsp3) is 0.348. The van der Waals surface area contributed by atoms with E-state index in [-0.39, 0.29) is 17.0 Å². The molecule has 9 heteroatoms. The standard InChI is InChI=1S/C23H24N4O5/c1-14-6-4-8-18(15(14)2)24-10-12-25(13-11-24)21(28)16(3)26-22(29)17-7-5-9-19(27(31)32)20(17)23(26)30/h4-9,16H,10-13H2,1-3H3/t16-/m0/s1. The van der Waals surface area contributed by atoms with Crippen LogP contribution in [-0.4, -0.2) is 64.7 Å². The van der Waals surface area contributed by atoms with E-state index in [4.69, 9.17) is 0 Å². The van der Waals surface area contributed by atoms with Gasteiger partial charge in [0.05, 0.1) is 10.5 Å². The number of hydrogen-bond acceptors (Lipinski definition) is 6. The summed E-state index contributed by atoms with van der Waals surface area (Å²) in [5.41, 5.74) is 2.83. The normalized spacial score (nSPS) is 16.9. The van der Waals surface area contributed by atoms with Gasteiger partial charge in [-0.05, 0) is 44.0 Å². The Morgan fingerprint density at radius 2 is 1.66 bits per heavy atom. The molecule has 0 saturated carbocycles. The van der Waals surface area contributed by atoms with Crippen LogP contribution in [0.5, 0.6) is 0 Å². The highest BCUT2D eigenvalue weighted by molar-refractivity contribution is 6.24. The number of carbonyl (C=O) groups is 3. The van der Waals surface area contributed by atoms with Crippen molar-refractivity contribution in [2.24, 2.45) is 0 Å². The van der Waals surface area contributed by atoms with Crippen LogP contribution in [0.3, 0.4) is 0 Å². The van der Waals surface area contributed by atoms with Crippen molar-refractivity contribution < 1.29 is 19.3 Å².